The van der Waals surface area contributed by atoms with Crippen molar-refractivity contribution in [1.82, 2.24) is 24.5 Å². The summed E-state index contributed by atoms with van der Waals surface area (Å²) >= 11 is 0. The standard InChI is InChI=1S/C12H19N5O/c1-5-17-11(13-7-14-17)6-10(18)12-8(2)15-16(4)9(12)3/h7,10,18H,5-6H2,1-4H3. The molecular weight excluding hydrogens is 230 g/mol. The van der Waals surface area contributed by atoms with Gasteiger partial charge < -0.3 is 5.11 Å². The lowest BCUT2D eigenvalue weighted by Gasteiger charge is -2.11. The van der Waals surface area contributed by atoms with Crippen LogP contribution >= 0.6 is 0 Å². The van der Waals surface area contributed by atoms with Crippen LogP contribution in [0.4, 0.5) is 0 Å². The first-order valence-electron chi connectivity index (χ1n) is 6.09. The van der Waals surface area contributed by atoms with E-state index in [1.54, 1.807) is 9.36 Å². The van der Waals surface area contributed by atoms with Crippen LogP contribution in [0.25, 0.3) is 0 Å². The summed E-state index contributed by atoms with van der Waals surface area (Å²) in [4.78, 5) is 4.18. The zero-order valence-electron chi connectivity index (χ0n) is 11.3. The zero-order chi connectivity index (χ0) is 13.3. The minimum atomic E-state index is -0.590. The van der Waals surface area contributed by atoms with E-state index in [-0.39, 0.29) is 0 Å². The Hall–Kier alpha value is -1.69. The molecule has 2 heterocycles. The monoisotopic (exact) mass is 249 g/mol. The normalized spacial score (nSPS) is 12.9. The Kier molecular flexibility index (Phi) is 3.47. The van der Waals surface area contributed by atoms with Crippen molar-refractivity contribution >= 4 is 0 Å². The first kappa shape index (κ1) is 12.8. The van der Waals surface area contributed by atoms with E-state index in [4.69, 9.17) is 0 Å². The van der Waals surface area contributed by atoms with Crippen LogP contribution in [0.5, 0.6) is 0 Å². The molecule has 2 rings (SSSR count). The molecule has 1 N–H and O–H groups in total. The maximum atomic E-state index is 10.4. The van der Waals surface area contributed by atoms with Crippen LogP contribution in [0.3, 0.4) is 0 Å². The Morgan fingerprint density at radius 1 is 1.39 bits per heavy atom. The van der Waals surface area contributed by atoms with Crippen molar-refractivity contribution < 1.29 is 5.11 Å². The largest absolute Gasteiger partial charge is 0.388 e. The van der Waals surface area contributed by atoms with E-state index in [1.807, 2.05) is 27.8 Å². The van der Waals surface area contributed by atoms with E-state index >= 15 is 0 Å². The SMILES string of the molecule is CCn1ncnc1CC(O)c1c(C)nn(C)c1C. The minimum absolute atomic E-state index is 0.460. The van der Waals surface area contributed by atoms with Crippen molar-refractivity contribution in [2.24, 2.45) is 7.05 Å². The molecule has 0 fully saturated rings. The topological polar surface area (TPSA) is 68.8 Å². The van der Waals surface area contributed by atoms with Crippen molar-refractivity contribution in [1.29, 1.82) is 0 Å². The highest BCUT2D eigenvalue weighted by Crippen LogP contribution is 2.23. The summed E-state index contributed by atoms with van der Waals surface area (Å²) in [5.74, 6) is 0.799. The van der Waals surface area contributed by atoms with Crippen LogP contribution in [0.1, 0.15) is 35.8 Å². The third-order valence-corrected chi connectivity index (χ3v) is 3.27. The number of hydrogen-bond acceptors (Lipinski definition) is 4. The van der Waals surface area contributed by atoms with Gasteiger partial charge in [0.05, 0.1) is 11.8 Å². The first-order chi connectivity index (χ1) is 8.54. The number of aliphatic hydroxyl groups excluding tert-OH is 1. The van der Waals surface area contributed by atoms with Gasteiger partial charge in [-0.3, -0.25) is 9.36 Å². The van der Waals surface area contributed by atoms with E-state index in [2.05, 4.69) is 15.2 Å². The van der Waals surface area contributed by atoms with Gasteiger partial charge in [0, 0.05) is 31.3 Å². The molecular formula is C12H19N5O. The van der Waals surface area contributed by atoms with Crippen LogP contribution in [0.2, 0.25) is 0 Å². The van der Waals surface area contributed by atoms with Gasteiger partial charge in [-0.1, -0.05) is 0 Å². The van der Waals surface area contributed by atoms with E-state index in [0.717, 1.165) is 29.3 Å². The number of nitrogens with zero attached hydrogens (tertiary/aromatic N) is 5. The molecule has 98 valence electrons. The molecule has 6 heteroatoms. The fraction of sp³-hybridized carbons (Fsp3) is 0.583. The molecule has 0 radical (unpaired) electrons. The Morgan fingerprint density at radius 3 is 2.67 bits per heavy atom. The molecule has 2 aromatic rings. The predicted molar refractivity (Wildman–Crippen MR) is 67.0 cm³/mol. The Bertz CT molecular complexity index is 543. The van der Waals surface area contributed by atoms with E-state index in [9.17, 15) is 5.11 Å². The summed E-state index contributed by atoms with van der Waals surface area (Å²) in [6, 6.07) is 0. The van der Waals surface area contributed by atoms with Crippen LogP contribution in [0.15, 0.2) is 6.33 Å². The number of hydrogen-bond donors (Lipinski definition) is 1. The molecule has 0 bridgehead atoms. The van der Waals surface area contributed by atoms with Crippen molar-refractivity contribution in [3.8, 4) is 0 Å². The molecule has 0 amide bonds. The van der Waals surface area contributed by atoms with E-state index in [1.165, 1.54) is 6.33 Å². The molecule has 1 unspecified atom stereocenters. The zero-order valence-corrected chi connectivity index (χ0v) is 11.3. The summed E-state index contributed by atoms with van der Waals surface area (Å²) < 4.78 is 3.59. The highest BCUT2D eigenvalue weighted by Gasteiger charge is 2.20. The van der Waals surface area contributed by atoms with Gasteiger partial charge in [-0.2, -0.15) is 10.2 Å². The highest BCUT2D eigenvalue weighted by molar-refractivity contribution is 5.27. The van der Waals surface area contributed by atoms with Crippen LogP contribution < -0.4 is 0 Å². The van der Waals surface area contributed by atoms with Gasteiger partial charge in [0.2, 0.25) is 0 Å². The molecule has 2 aromatic heterocycles. The molecule has 0 aliphatic carbocycles. The second-order valence-electron chi connectivity index (χ2n) is 4.42. The molecule has 0 aliphatic rings. The van der Waals surface area contributed by atoms with Crippen LogP contribution in [-0.2, 0) is 20.0 Å². The number of rotatable bonds is 4. The van der Waals surface area contributed by atoms with Crippen molar-refractivity contribution in [2.75, 3.05) is 0 Å². The molecule has 1 atom stereocenters. The number of aryl methyl sites for hydroxylation is 3. The summed E-state index contributed by atoms with van der Waals surface area (Å²) in [5, 5.41) is 18.8. The second kappa shape index (κ2) is 4.89. The maximum absolute atomic E-state index is 10.4. The van der Waals surface area contributed by atoms with Crippen molar-refractivity contribution in [2.45, 2.75) is 39.8 Å². The Balaban J connectivity index is 2.24. The summed E-state index contributed by atoms with van der Waals surface area (Å²) in [6.45, 7) is 6.64. The molecule has 0 spiro atoms. The van der Waals surface area contributed by atoms with Gasteiger partial charge in [0.15, 0.2) is 0 Å². The lowest BCUT2D eigenvalue weighted by molar-refractivity contribution is 0.172. The minimum Gasteiger partial charge on any atom is -0.388 e. The first-order valence-corrected chi connectivity index (χ1v) is 6.09. The van der Waals surface area contributed by atoms with Gasteiger partial charge in [-0.15, -0.1) is 0 Å². The lowest BCUT2D eigenvalue weighted by atomic mass is 10.0. The summed E-state index contributed by atoms with van der Waals surface area (Å²) in [5.41, 5.74) is 2.75. The van der Waals surface area contributed by atoms with Crippen LogP contribution in [-0.4, -0.2) is 29.7 Å². The maximum Gasteiger partial charge on any atom is 0.138 e. The molecule has 18 heavy (non-hydrogen) atoms. The van der Waals surface area contributed by atoms with E-state index < -0.39 is 6.10 Å². The smallest absolute Gasteiger partial charge is 0.138 e. The Labute approximate surface area is 106 Å². The molecule has 0 saturated heterocycles. The van der Waals surface area contributed by atoms with Crippen molar-refractivity contribution in [3.05, 3.63) is 29.1 Å². The van der Waals surface area contributed by atoms with Crippen molar-refractivity contribution in [3.63, 3.8) is 0 Å². The van der Waals surface area contributed by atoms with E-state index in [0.29, 0.717) is 6.42 Å². The van der Waals surface area contributed by atoms with Gasteiger partial charge in [0.25, 0.3) is 0 Å². The average molecular weight is 249 g/mol. The van der Waals surface area contributed by atoms with Gasteiger partial charge in [0.1, 0.15) is 12.2 Å². The molecule has 0 saturated carbocycles. The fourth-order valence-corrected chi connectivity index (χ4v) is 2.26. The van der Waals surface area contributed by atoms with Crippen LogP contribution in [0, 0.1) is 13.8 Å². The van der Waals surface area contributed by atoms with Gasteiger partial charge in [-0.05, 0) is 20.8 Å². The Morgan fingerprint density at radius 2 is 2.11 bits per heavy atom. The van der Waals surface area contributed by atoms with Gasteiger partial charge >= 0.3 is 0 Å². The second-order valence-corrected chi connectivity index (χ2v) is 4.42. The number of aromatic nitrogens is 5. The average Bonchev–Trinajstić information content (AvgIpc) is 2.85. The fourth-order valence-electron chi connectivity index (χ4n) is 2.26. The molecule has 6 nitrogen and oxygen atoms in total. The highest BCUT2D eigenvalue weighted by atomic mass is 16.3. The quantitative estimate of drug-likeness (QED) is 0.875. The third kappa shape index (κ3) is 2.15. The number of aliphatic hydroxyl groups is 1. The lowest BCUT2D eigenvalue weighted by Crippen LogP contribution is -2.11. The summed E-state index contributed by atoms with van der Waals surface area (Å²) in [6.07, 6.45) is 1.39. The summed E-state index contributed by atoms with van der Waals surface area (Å²) in [7, 11) is 1.88. The molecule has 0 aromatic carbocycles. The third-order valence-electron chi connectivity index (χ3n) is 3.27. The molecule has 0 aliphatic heterocycles. The predicted octanol–water partition coefficient (Wildman–Crippen LogP) is 0.924. The van der Waals surface area contributed by atoms with Gasteiger partial charge in [-0.25, -0.2) is 4.98 Å².